The van der Waals surface area contributed by atoms with Gasteiger partial charge in [0.25, 0.3) is 0 Å². The van der Waals surface area contributed by atoms with Gasteiger partial charge in [0, 0.05) is 10.5 Å². The van der Waals surface area contributed by atoms with Gasteiger partial charge in [0.15, 0.2) is 0 Å². The standard InChI is InChI=1S/C15H9BrO2/c16-10-3-5-12-11-4-1-9(2-6-15(17)18)7-13(11)14(12)8-10/h1-8H,(H,17,18)/b6-2+. The summed E-state index contributed by atoms with van der Waals surface area (Å²) < 4.78 is 1.05. The van der Waals surface area contributed by atoms with Crippen molar-refractivity contribution in [1.82, 2.24) is 0 Å². The van der Waals surface area contributed by atoms with Crippen LogP contribution < -0.4 is 0 Å². The van der Waals surface area contributed by atoms with Crippen molar-refractivity contribution in [2.75, 3.05) is 0 Å². The van der Waals surface area contributed by atoms with E-state index >= 15 is 0 Å². The lowest BCUT2D eigenvalue weighted by atomic mass is 9.80. The lowest BCUT2D eigenvalue weighted by molar-refractivity contribution is -0.131. The maximum Gasteiger partial charge on any atom is 0.328 e. The molecule has 0 saturated carbocycles. The monoisotopic (exact) mass is 300 g/mol. The minimum absolute atomic E-state index is 0.904. The van der Waals surface area contributed by atoms with Gasteiger partial charge in [-0.05, 0) is 52.1 Å². The fourth-order valence-corrected chi connectivity index (χ4v) is 2.56. The van der Waals surface area contributed by atoms with Crippen LogP contribution in [0.2, 0.25) is 0 Å². The van der Waals surface area contributed by atoms with E-state index in [-0.39, 0.29) is 0 Å². The summed E-state index contributed by atoms with van der Waals surface area (Å²) >= 11 is 3.46. The Balaban J connectivity index is 2.01. The van der Waals surface area contributed by atoms with Crippen LogP contribution in [-0.4, -0.2) is 11.1 Å². The van der Waals surface area contributed by atoms with Crippen molar-refractivity contribution < 1.29 is 9.90 Å². The average Bonchev–Trinajstić information content (AvgIpc) is 2.34. The second-order valence-corrected chi connectivity index (χ2v) is 5.08. The Morgan fingerprint density at radius 2 is 1.67 bits per heavy atom. The zero-order valence-electron chi connectivity index (χ0n) is 9.35. The van der Waals surface area contributed by atoms with Crippen molar-refractivity contribution in [3.05, 3.63) is 52.5 Å². The number of halogens is 1. The maximum absolute atomic E-state index is 10.5. The molecule has 0 saturated heterocycles. The molecule has 0 bridgehead atoms. The van der Waals surface area contributed by atoms with Gasteiger partial charge in [0.05, 0.1) is 0 Å². The molecule has 2 aromatic carbocycles. The lowest BCUT2D eigenvalue weighted by Crippen LogP contribution is -1.98. The zero-order chi connectivity index (χ0) is 12.7. The van der Waals surface area contributed by atoms with E-state index in [0.29, 0.717) is 0 Å². The van der Waals surface area contributed by atoms with Crippen molar-refractivity contribution in [3.8, 4) is 22.3 Å². The van der Waals surface area contributed by atoms with Crippen LogP contribution in [-0.2, 0) is 4.79 Å². The molecule has 0 amide bonds. The predicted molar refractivity (Wildman–Crippen MR) is 75.2 cm³/mol. The number of carboxylic acid groups (broad SMARTS) is 1. The first kappa shape index (κ1) is 11.2. The molecule has 0 unspecified atom stereocenters. The molecule has 2 nitrogen and oxygen atoms in total. The fraction of sp³-hybridized carbons (Fsp3) is 0. The average molecular weight is 301 g/mol. The molecule has 0 spiro atoms. The Bertz CT molecular complexity index is 687. The Labute approximate surface area is 113 Å². The molecule has 1 aliphatic rings. The van der Waals surface area contributed by atoms with E-state index in [1.54, 1.807) is 6.08 Å². The van der Waals surface area contributed by atoms with Crippen molar-refractivity contribution in [2.24, 2.45) is 0 Å². The number of fused-ring (bicyclic) bond motifs is 4. The highest BCUT2D eigenvalue weighted by molar-refractivity contribution is 9.10. The summed E-state index contributed by atoms with van der Waals surface area (Å²) in [6, 6.07) is 12.2. The quantitative estimate of drug-likeness (QED) is 0.720. The molecule has 0 aliphatic heterocycles. The first-order valence-corrected chi connectivity index (χ1v) is 6.30. The van der Waals surface area contributed by atoms with Gasteiger partial charge in [0.2, 0.25) is 0 Å². The molecule has 1 N–H and O–H groups in total. The smallest absolute Gasteiger partial charge is 0.328 e. The Hall–Kier alpha value is -1.87. The maximum atomic E-state index is 10.5. The summed E-state index contributed by atoms with van der Waals surface area (Å²) in [5, 5.41) is 8.61. The zero-order valence-corrected chi connectivity index (χ0v) is 10.9. The second-order valence-electron chi connectivity index (χ2n) is 4.17. The van der Waals surface area contributed by atoms with Gasteiger partial charge in [-0.1, -0.05) is 34.1 Å². The SMILES string of the molecule is O=C(O)/C=C/c1ccc2c(c1)-c1cc(Br)ccc1-2. The Morgan fingerprint density at radius 1 is 1.00 bits per heavy atom. The first-order valence-electron chi connectivity index (χ1n) is 5.50. The molecule has 88 valence electrons. The third kappa shape index (κ3) is 1.77. The highest BCUT2D eigenvalue weighted by Gasteiger charge is 2.21. The first-order chi connectivity index (χ1) is 8.65. The number of carboxylic acids is 1. The van der Waals surface area contributed by atoms with Crippen LogP contribution >= 0.6 is 15.9 Å². The van der Waals surface area contributed by atoms with Crippen LogP contribution in [0, 0.1) is 0 Å². The van der Waals surface area contributed by atoms with E-state index in [1.165, 1.54) is 22.3 Å². The molecule has 0 heterocycles. The van der Waals surface area contributed by atoms with Crippen LogP contribution in [0.4, 0.5) is 0 Å². The van der Waals surface area contributed by atoms with E-state index in [4.69, 9.17) is 5.11 Å². The third-order valence-electron chi connectivity index (χ3n) is 3.02. The minimum atomic E-state index is -0.930. The molecule has 0 fully saturated rings. The van der Waals surface area contributed by atoms with Crippen LogP contribution in [0.15, 0.2) is 46.9 Å². The van der Waals surface area contributed by atoms with Crippen LogP contribution in [0.25, 0.3) is 28.3 Å². The van der Waals surface area contributed by atoms with E-state index < -0.39 is 5.97 Å². The molecule has 0 radical (unpaired) electrons. The van der Waals surface area contributed by atoms with Gasteiger partial charge in [-0.2, -0.15) is 0 Å². The molecule has 1 aliphatic carbocycles. The molecule has 18 heavy (non-hydrogen) atoms. The van der Waals surface area contributed by atoms with Gasteiger partial charge < -0.3 is 5.11 Å². The van der Waals surface area contributed by atoms with Gasteiger partial charge >= 0.3 is 5.97 Å². The predicted octanol–water partition coefficient (Wildman–Crippen LogP) is 4.19. The minimum Gasteiger partial charge on any atom is -0.478 e. The summed E-state index contributed by atoms with van der Waals surface area (Å²) in [7, 11) is 0. The topological polar surface area (TPSA) is 37.3 Å². The fourth-order valence-electron chi connectivity index (χ4n) is 2.20. The van der Waals surface area contributed by atoms with Crippen molar-refractivity contribution in [2.45, 2.75) is 0 Å². The van der Waals surface area contributed by atoms with Crippen molar-refractivity contribution in [1.29, 1.82) is 0 Å². The number of hydrogen-bond acceptors (Lipinski definition) is 1. The van der Waals surface area contributed by atoms with Crippen LogP contribution in [0.3, 0.4) is 0 Å². The summed E-state index contributed by atoms with van der Waals surface area (Å²) in [5.74, 6) is -0.930. The normalized spacial score (nSPS) is 11.8. The third-order valence-corrected chi connectivity index (χ3v) is 3.52. The lowest BCUT2D eigenvalue weighted by Gasteiger charge is -2.24. The molecule has 0 aromatic heterocycles. The van der Waals surface area contributed by atoms with E-state index in [0.717, 1.165) is 16.1 Å². The number of rotatable bonds is 2. The van der Waals surface area contributed by atoms with Crippen molar-refractivity contribution in [3.63, 3.8) is 0 Å². The van der Waals surface area contributed by atoms with Gasteiger partial charge in [0.1, 0.15) is 0 Å². The molecular weight excluding hydrogens is 292 g/mol. The number of benzene rings is 2. The van der Waals surface area contributed by atoms with Gasteiger partial charge in [-0.15, -0.1) is 0 Å². The van der Waals surface area contributed by atoms with E-state index in [1.807, 2.05) is 24.3 Å². The number of hydrogen-bond donors (Lipinski definition) is 1. The largest absolute Gasteiger partial charge is 0.478 e. The van der Waals surface area contributed by atoms with Gasteiger partial charge in [-0.3, -0.25) is 0 Å². The van der Waals surface area contributed by atoms with Gasteiger partial charge in [-0.25, -0.2) is 4.79 Å². The summed E-state index contributed by atoms with van der Waals surface area (Å²) in [6.45, 7) is 0. The van der Waals surface area contributed by atoms with Crippen LogP contribution in [0.1, 0.15) is 5.56 Å². The Morgan fingerprint density at radius 3 is 2.39 bits per heavy atom. The molecule has 2 aromatic rings. The highest BCUT2D eigenvalue weighted by Crippen LogP contribution is 2.48. The molecule has 0 atom stereocenters. The highest BCUT2D eigenvalue weighted by atomic mass is 79.9. The summed E-state index contributed by atoms with van der Waals surface area (Å²) in [4.78, 5) is 10.5. The summed E-state index contributed by atoms with van der Waals surface area (Å²) in [5.41, 5.74) is 5.78. The van der Waals surface area contributed by atoms with E-state index in [2.05, 4.69) is 28.1 Å². The Kier molecular flexibility index (Phi) is 2.56. The second kappa shape index (κ2) is 4.10. The van der Waals surface area contributed by atoms with Crippen LogP contribution in [0.5, 0.6) is 0 Å². The van der Waals surface area contributed by atoms with Crippen molar-refractivity contribution >= 4 is 28.0 Å². The van der Waals surface area contributed by atoms with E-state index in [9.17, 15) is 4.79 Å². The molecule has 3 rings (SSSR count). The molecule has 3 heteroatoms. The molecular formula is C15H9BrO2. The number of carbonyl (C=O) groups is 1. The number of aliphatic carboxylic acids is 1. The summed E-state index contributed by atoms with van der Waals surface area (Å²) in [6.07, 6.45) is 2.76.